The lowest BCUT2D eigenvalue weighted by Crippen LogP contribution is -2.40. The van der Waals surface area contributed by atoms with Crippen molar-refractivity contribution in [2.45, 2.75) is 37.6 Å². The number of hydrogen-bond acceptors (Lipinski definition) is 4. The smallest absolute Gasteiger partial charge is 0.240 e. The molecule has 0 aliphatic carbocycles. The number of nitrogens with two attached hydrogens (primary N) is 1. The molecule has 1 unspecified atom stereocenters. The van der Waals surface area contributed by atoms with E-state index in [2.05, 4.69) is 4.72 Å². The second-order valence-electron chi connectivity index (χ2n) is 4.43. The van der Waals surface area contributed by atoms with Gasteiger partial charge in [-0.2, -0.15) is 5.26 Å². The summed E-state index contributed by atoms with van der Waals surface area (Å²) in [5.41, 5.74) is 6.67. The highest BCUT2D eigenvalue weighted by atomic mass is 32.2. The maximum Gasteiger partial charge on any atom is 0.240 e. The Labute approximate surface area is 114 Å². The first-order valence-corrected chi connectivity index (χ1v) is 7.66. The van der Waals surface area contributed by atoms with Crippen molar-refractivity contribution >= 4 is 10.0 Å². The molecule has 0 amide bonds. The molecule has 1 aromatic rings. The first-order chi connectivity index (χ1) is 8.94. The van der Waals surface area contributed by atoms with Crippen LogP contribution in [0.1, 0.15) is 30.9 Å². The van der Waals surface area contributed by atoms with Crippen LogP contribution in [0.4, 0.5) is 0 Å². The monoisotopic (exact) mass is 281 g/mol. The molecule has 0 saturated heterocycles. The third kappa shape index (κ3) is 4.03. The summed E-state index contributed by atoms with van der Waals surface area (Å²) in [6.07, 6.45) is 1.56. The van der Waals surface area contributed by atoms with Crippen LogP contribution >= 0.6 is 0 Å². The molecule has 0 heterocycles. The Hall–Kier alpha value is -1.42. The fraction of sp³-hybridized carbons (Fsp3) is 0.462. The van der Waals surface area contributed by atoms with E-state index in [-0.39, 0.29) is 17.5 Å². The second kappa shape index (κ2) is 6.66. The molecule has 3 N–H and O–H groups in total. The number of nitrogens with one attached hydrogen (secondary N) is 1. The molecule has 0 saturated carbocycles. The van der Waals surface area contributed by atoms with Crippen LogP contribution in [0.3, 0.4) is 0 Å². The van der Waals surface area contributed by atoms with Gasteiger partial charge in [-0.3, -0.25) is 0 Å². The van der Waals surface area contributed by atoms with Crippen molar-refractivity contribution in [3.63, 3.8) is 0 Å². The van der Waals surface area contributed by atoms with E-state index in [9.17, 15) is 8.42 Å². The molecule has 0 aliphatic rings. The van der Waals surface area contributed by atoms with Gasteiger partial charge in [0.15, 0.2) is 0 Å². The van der Waals surface area contributed by atoms with Crippen molar-refractivity contribution < 1.29 is 8.42 Å². The Morgan fingerprint density at radius 3 is 2.63 bits per heavy atom. The normalized spacial score (nSPS) is 12.9. The lowest BCUT2D eigenvalue weighted by molar-refractivity contribution is 0.527. The van der Waals surface area contributed by atoms with Crippen molar-refractivity contribution in [3.05, 3.63) is 29.3 Å². The molecule has 1 atom stereocenters. The standard InChI is InChI=1S/C13H19N3O2S/c1-3-4-12(9-15)16-19(17,18)13-6-5-11(8-14)10(2)7-13/h5-7,12,16H,3-4,9,15H2,1-2H3. The highest BCUT2D eigenvalue weighted by molar-refractivity contribution is 7.89. The number of aryl methyl sites for hydroxylation is 1. The van der Waals surface area contributed by atoms with Gasteiger partial charge in [-0.1, -0.05) is 13.3 Å². The maximum atomic E-state index is 12.2. The Balaban J connectivity index is 3.01. The Morgan fingerprint density at radius 2 is 2.16 bits per heavy atom. The molecule has 0 aliphatic heterocycles. The first-order valence-electron chi connectivity index (χ1n) is 6.17. The van der Waals surface area contributed by atoms with Crippen molar-refractivity contribution in [1.82, 2.24) is 4.72 Å². The molecule has 0 bridgehead atoms. The van der Waals surface area contributed by atoms with E-state index in [1.54, 1.807) is 6.92 Å². The maximum absolute atomic E-state index is 12.2. The van der Waals surface area contributed by atoms with E-state index in [0.717, 1.165) is 6.42 Å². The zero-order chi connectivity index (χ0) is 14.5. The first kappa shape index (κ1) is 15.6. The number of benzene rings is 1. The van der Waals surface area contributed by atoms with Gasteiger partial charge in [-0.05, 0) is 37.1 Å². The molecular formula is C13H19N3O2S. The van der Waals surface area contributed by atoms with E-state index < -0.39 is 10.0 Å². The van der Waals surface area contributed by atoms with Gasteiger partial charge in [0.05, 0.1) is 16.5 Å². The zero-order valence-electron chi connectivity index (χ0n) is 11.2. The van der Waals surface area contributed by atoms with Gasteiger partial charge in [-0.25, -0.2) is 13.1 Å². The summed E-state index contributed by atoms with van der Waals surface area (Å²) in [6, 6.07) is 6.21. The minimum absolute atomic E-state index is 0.165. The fourth-order valence-electron chi connectivity index (χ4n) is 1.79. The van der Waals surface area contributed by atoms with Crippen molar-refractivity contribution in [2.24, 2.45) is 5.73 Å². The second-order valence-corrected chi connectivity index (χ2v) is 6.15. The number of nitriles is 1. The average Bonchev–Trinajstić information content (AvgIpc) is 2.37. The number of nitrogens with zero attached hydrogens (tertiary/aromatic N) is 1. The zero-order valence-corrected chi connectivity index (χ0v) is 12.0. The SMILES string of the molecule is CCCC(CN)NS(=O)(=O)c1ccc(C#N)c(C)c1. The van der Waals surface area contributed by atoms with E-state index in [1.807, 2.05) is 13.0 Å². The minimum atomic E-state index is -3.58. The third-order valence-electron chi connectivity index (χ3n) is 2.87. The topological polar surface area (TPSA) is 96.0 Å². The number of hydrogen-bond donors (Lipinski definition) is 2. The largest absolute Gasteiger partial charge is 0.329 e. The molecule has 1 rings (SSSR count). The summed E-state index contributed by atoms with van der Waals surface area (Å²) < 4.78 is 26.9. The Bertz CT molecular complexity index is 576. The molecule has 19 heavy (non-hydrogen) atoms. The quantitative estimate of drug-likeness (QED) is 0.820. The van der Waals surface area contributed by atoms with Crippen LogP contribution in [-0.2, 0) is 10.0 Å². The molecule has 104 valence electrons. The lowest BCUT2D eigenvalue weighted by atomic mass is 10.1. The highest BCUT2D eigenvalue weighted by Crippen LogP contribution is 2.15. The van der Waals surface area contributed by atoms with Gasteiger partial charge in [0, 0.05) is 12.6 Å². The van der Waals surface area contributed by atoms with E-state index in [1.165, 1.54) is 18.2 Å². The minimum Gasteiger partial charge on any atom is -0.329 e. The molecule has 5 nitrogen and oxygen atoms in total. The van der Waals surface area contributed by atoms with Gasteiger partial charge >= 0.3 is 0 Å². The summed E-state index contributed by atoms with van der Waals surface area (Å²) >= 11 is 0. The summed E-state index contributed by atoms with van der Waals surface area (Å²) in [5, 5.41) is 8.83. The molecule has 1 aromatic carbocycles. The Morgan fingerprint density at radius 1 is 1.47 bits per heavy atom. The van der Waals surface area contributed by atoms with Crippen LogP contribution in [-0.4, -0.2) is 21.0 Å². The Kier molecular flexibility index (Phi) is 5.48. The van der Waals surface area contributed by atoms with Gasteiger partial charge in [0.25, 0.3) is 0 Å². The molecule has 0 fully saturated rings. The van der Waals surface area contributed by atoms with Gasteiger partial charge < -0.3 is 5.73 Å². The summed E-state index contributed by atoms with van der Waals surface area (Å²) in [6.45, 7) is 3.95. The van der Waals surface area contributed by atoms with Crippen LogP contribution < -0.4 is 10.5 Å². The molecule has 0 spiro atoms. The van der Waals surface area contributed by atoms with Crippen LogP contribution in [0.2, 0.25) is 0 Å². The molecule has 0 radical (unpaired) electrons. The van der Waals surface area contributed by atoms with Crippen LogP contribution in [0.15, 0.2) is 23.1 Å². The predicted octanol–water partition coefficient (Wildman–Crippen LogP) is 1.27. The summed E-state index contributed by atoms with van der Waals surface area (Å²) in [7, 11) is -3.58. The van der Waals surface area contributed by atoms with E-state index in [0.29, 0.717) is 17.5 Å². The summed E-state index contributed by atoms with van der Waals surface area (Å²) in [4.78, 5) is 0.165. The van der Waals surface area contributed by atoms with Crippen LogP contribution in [0.5, 0.6) is 0 Å². The lowest BCUT2D eigenvalue weighted by Gasteiger charge is -2.16. The average molecular weight is 281 g/mol. The van der Waals surface area contributed by atoms with Gasteiger partial charge in [0.2, 0.25) is 10.0 Å². The van der Waals surface area contributed by atoms with Crippen molar-refractivity contribution in [3.8, 4) is 6.07 Å². The third-order valence-corrected chi connectivity index (χ3v) is 4.39. The number of sulfonamides is 1. The molecule has 6 heteroatoms. The van der Waals surface area contributed by atoms with Crippen molar-refractivity contribution in [2.75, 3.05) is 6.54 Å². The van der Waals surface area contributed by atoms with E-state index in [4.69, 9.17) is 11.0 Å². The predicted molar refractivity (Wildman–Crippen MR) is 74.0 cm³/mol. The van der Waals surface area contributed by atoms with Crippen LogP contribution in [0.25, 0.3) is 0 Å². The van der Waals surface area contributed by atoms with E-state index >= 15 is 0 Å². The molecule has 0 aromatic heterocycles. The number of rotatable bonds is 6. The molecular weight excluding hydrogens is 262 g/mol. The van der Waals surface area contributed by atoms with Crippen molar-refractivity contribution in [1.29, 1.82) is 5.26 Å². The summed E-state index contributed by atoms with van der Waals surface area (Å²) in [5.74, 6) is 0. The van der Waals surface area contributed by atoms with Crippen LogP contribution in [0, 0.1) is 18.3 Å². The highest BCUT2D eigenvalue weighted by Gasteiger charge is 2.19. The van der Waals surface area contributed by atoms with Gasteiger partial charge in [0.1, 0.15) is 0 Å². The van der Waals surface area contributed by atoms with Gasteiger partial charge in [-0.15, -0.1) is 0 Å². The fourth-order valence-corrected chi connectivity index (χ4v) is 3.16.